The monoisotopic (exact) mass is 413 g/mol. The van der Waals surface area contributed by atoms with Crippen LogP contribution >= 0.6 is 0 Å². The lowest BCUT2D eigenvalue weighted by Crippen LogP contribution is -2.07. The number of hydrogen-bond donors (Lipinski definition) is 1. The Morgan fingerprint density at radius 3 is 2.45 bits per heavy atom. The van der Waals surface area contributed by atoms with E-state index in [-0.39, 0.29) is 5.82 Å². The summed E-state index contributed by atoms with van der Waals surface area (Å²) in [6.45, 7) is 1.45. The Morgan fingerprint density at radius 2 is 1.68 bits per heavy atom. The van der Waals surface area contributed by atoms with Gasteiger partial charge in [-0.2, -0.15) is 5.10 Å². The van der Waals surface area contributed by atoms with Crippen LogP contribution in [0.4, 0.5) is 10.2 Å². The lowest BCUT2D eigenvalue weighted by atomic mass is 10.0. The Hall–Kier alpha value is -3.60. The summed E-state index contributed by atoms with van der Waals surface area (Å²) in [5.74, 6) is 1.60. The molecule has 4 aromatic rings. The van der Waals surface area contributed by atoms with Gasteiger partial charge in [-0.15, -0.1) is 0 Å². The largest absolute Gasteiger partial charge is 0.489 e. The van der Waals surface area contributed by atoms with Crippen LogP contribution < -0.4 is 10.1 Å². The third-order valence-electron chi connectivity index (χ3n) is 5.58. The molecule has 31 heavy (non-hydrogen) atoms. The molecule has 156 valence electrons. The summed E-state index contributed by atoms with van der Waals surface area (Å²) in [7, 11) is 0. The second-order valence-electron chi connectivity index (χ2n) is 7.75. The van der Waals surface area contributed by atoms with Gasteiger partial charge in [0.05, 0.1) is 11.4 Å². The van der Waals surface area contributed by atoms with Crippen molar-refractivity contribution >= 4 is 5.82 Å². The summed E-state index contributed by atoms with van der Waals surface area (Å²) in [5, 5.41) is 8.47. The number of nitrogens with one attached hydrogen (secondary N) is 1. The fourth-order valence-electron chi connectivity index (χ4n) is 3.95. The quantitative estimate of drug-likeness (QED) is 0.436. The molecule has 0 fully saturated rings. The maximum Gasteiger partial charge on any atom is 0.133 e. The minimum absolute atomic E-state index is 0.238. The summed E-state index contributed by atoms with van der Waals surface area (Å²) in [6, 6.07) is 24.7. The summed E-state index contributed by atoms with van der Waals surface area (Å²) in [4.78, 5) is 0. The zero-order valence-corrected chi connectivity index (χ0v) is 17.2. The van der Waals surface area contributed by atoms with Crippen molar-refractivity contribution < 1.29 is 9.13 Å². The topological polar surface area (TPSA) is 39.1 Å². The number of fused-ring (bicyclic) bond motifs is 1. The molecule has 0 unspecified atom stereocenters. The van der Waals surface area contributed by atoms with Crippen molar-refractivity contribution in [2.24, 2.45) is 0 Å². The summed E-state index contributed by atoms with van der Waals surface area (Å²) >= 11 is 0. The average Bonchev–Trinajstić information content (AvgIpc) is 3.00. The van der Waals surface area contributed by atoms with Gasteiger partial charge < -0.3 is 10.1 Å². The predicted octanol–water partition coefficient (Wildman–Crippen LogP) is 6.01. The number of rotatable bonds is 5. The molecule has 0 spiro atoms. The Kier molecular flexibility index (Phi) is 5.40. The molecule has 5 rings (SSSR count). The molecule has 1 N–H and O–H groups in total. The van der Waals surface area contributed by atoms with Gasteiger partial charge in [0.25, 0.3) is 0 Å². The van der Waals surface area contributed by atoms with Gasteiger partial charge in [0.1, 0.15) is 24.0 Å². The van der Waals surface area contributed by atoms with Gasteiger partial charge in [0.15, 0.2) is 0 Å². The van der Waals surface area contributed by atoms with Crippen molar-refractivity contribution in [1.82, 2.24) is 9.78 Å². The number of halogens is 1. The molecule has 1 aromatic heterocycles. The average molecular weight is 413 g/mol. The Balaban J connectivity index is 1.44. The van der Waals surface area contributed by atoms with Crippen LogP contribution in [0.3, 0.4) is 0 Å². The molecule has 1 aliphatic heterocycles. The van der Waals surface area contributed by atoms with Crippen LogP contribution in [0.15, 0.2) is 78.9 Å². The first-order chi connectivity index (χ1) is 15.3. The molecule has 0 saturated carbocycles. The van der Waals surface area contributed by atoms with Crippen LogP contribution in [0, 0.1) is 5.82 Å². The van der Waals surface area contributed by atoms with Crippen molar-refractivity contribution in [2.75, 3.05) is 11.9 Å². The van der Waals surface area contributed by atoms with Gasteiger partial charge in [0, 0.05) is 17.7 Å². The number of hydrogen-bond acceptors (Lipinski definition) is 3. The molecular formula is C26H24FN3O. The molecule has 2 heterocycles. The van der Waals surface area contributed by atoms with E-state index in [1.165, 1.54) is 17.7 Å². The van der Waals surface area contributed by atoms with Crippen molar-refractivity contribution in [3.63, 3.8) is 0 Å². The second kappa shape index (κ2) is 8.64. The molecule has 3 aromatic carbocycles. The normalized spacial score (nSPS) is 13.2. The lowest BCUT2D eigenvalue weighted by Gasteiger charge is -2.11. The second-order valence-corrected chi connectivity index (χ2v) is 7.75. The maximum atomic E-state index is 13.4. The number of ether oxygens (including phenoxy) is 1. The summed E-state index contributed by atoms with van der Waals surface area (Å²) < 4.78 is 21.3. The highest BCUT2D eigenvalue weighted by atomic mass is 19.1. The molecule has 5 heteroatoms. The Labute approximate surface area is 181 Å². The number of anilines is 1. The molecule has 0 amide bonds. The third kappa shape index (κ3) is 4.17. The van der Waals surface area contributed by atoms with Crippen LogP contribution in [-0.4, -0.2) is 16.3 Å². The minimum Gasteiger partial charge on any atom is -0.489 e. The molecule has 0 saturated heterocycles. The van der Waals surface area contributed by atoms with Gasteiger partial charge >= 0.3 is 0 Å². The predicted molar refractivity (Wildman–Crippen MR) is 121 cm³/mol. The van der Waals surface area contributed by atoms with E-state index in [0.717, 1.165) is 59.9 Å². The van der Waals surface area contributed by atoms with E-state index in [1.807, 2.05) is 47.1 Å². The minimum atomic E-state index is -0.238. The number of nitrogens with zero attached hydrogens (tertiary/aromatic N) is 2. The highest BCUT2D eigenvalue weighted by Gasteiger charge is 2.21. The summed E-state index contributed by atoms with van der Waals surface area (Å²) in [6.07, 6.45) is 3.17. The lowest BCUT2D eigenvalue weighted by molar-refractivity contribution is 0.306. The third-order valence-corrected chi connectivity index (χ3v) is 5.58. The number of aromatic nitrogens is 2. The van der Waals surface area contributed by atoms with Gasteiger partial charge in [-0.3, -0.25) is 0 Å². The van der Waals surface area contributed by atoms with Crippen LogP contribution in [0.5, 0.6) is 5.75 Å². The highest BCUT2D eigenvalue weighted by molar-refractivity contribution is 5.71. The molecule has 0 bridgehead atoms. The van der Waals surface area contributed by atoms with Gasteiger partial charge in [0.2, 0.25) is 0 Å². The van der Waals surface area contributed by atoms with Crippen LogP contribution in [-0.2, 0) is 13.0 Å². The highest BCUT2D eigenvalue weighted by Crippen LogP contribution is 2.34. The smallest absolute Gasteiger partial charge is 0.133 e. The molecule has 4 nitrogen and oxygen atoms in total. The molecule has 0 aliphatic carbocycles. The molecular weight excluding hydrogens is 389 g/mol. The molecule has 1 aliphatic rings. The van der Waals surface area contributed by atoms with E-state index in [2.05, 4.69) is 17.4 Å². The summed E-state index contributed by atoms with van der Waals surface area (Å²) in [5.41, 5.74) is 5.13. The van der Waals surface area contributed by atoms with E-state index in [1.54, 1.807) is 12.1 Å². The fraction of sp³-hybridized carbons (Fsp3) is 0.192. The fourth-order valence-corrected chi connectivity index (χ4v) is 3.95. The van der Waals surface area contributed by atoms with Gasteiger partial charge in [-0.25, -0.2) is 9.07 Å². The van der Waals surface area contributed by atoms with E-state index in [0.29, 0.717) is 6.61 Å². The van der Waals surface area contributed by atoms with Crippen molar-refractivity contribution in [3.05, 3.63) is 95.8 Å². The van der Waals surface area contributed by atoms with E-state index in [4.69, 9.17) is 9.84 Å². The zero-order chi connectivity index (χ0) is 21.0. The van der Waals surface area contributed by atoms with E-state index < -0.39 is 0 Å². The Bertz CT molecular complexity index is 1150. The SMILES string of the molecule is Fc1ccc(-c2nn(-c3ccc(OCc4ccccc4)cc3)c3c2CCCCN3)cc1. The first-order valence-corrected chi connectivity index (χ1v) is 10.7. The first-order valence-electron chi connectivity index (χ1n) is 10.7. The standard InChI is InChI=1S/C26H24FN3O/c27-21-11-9-20(10-12-21)25-24-8-4-5-17-28-26(24)30(29-25)22-13-15-23(16-14-22)31-18-19-6-2-1-3-7-19/h1-3,6-7,9-16,28H,4-5,8,17-18H2. The van der Waals surface area contributed by atoms with Crippen LogP contribution in [0.1, 0.15) is 24.0 Å². The van der Waals surface area contributed by atoms with E-state index >= 15 is 0 Å². The van der Waals surface area contributed by atoms with Crippen LogP contribution in [0.2, 0.25) is 0 Å². The number of benzene rings is 3. The zero-order valence-electron chi connectivity index (χ0n) is 17.2. The van der Waals surface area contributed by atoms with Crippen LogP contribution in [0.25, 0.3) is 16.9 Å². The van der Waals surface area contributed by atoms with Gasteiger partial charge in [-0.05, 0) is 73.4 Å². The maximum absolute atomic E-state index is 13.4. The first kappa shape index (κ1) is 19.4. The van der Waals surface area contributed by atoms with E-state index in [9.17, 15) is 4.39 Å². The van der Waals surface area contributed by atoms with Crippen molar-refractivity contribution in [3.8, 4) is 22.7 Å². The molecule has 0 radical (unpaired) electrons. The van der Waals surface area contributed by atoms with Crippen molar-refractivity contribution in [2.45, 2.75) is 25.9 Å². The van der Waals surface area contributed by atoms with Crippen molar-refractivity contribution in [1.29, 1.82) is 0 Å². The Morgan fingerprint density at radius 1 is 0.903 bits per heavy atom. The van der Waals surface area contributed by atoms with Gasteiger partial charge in [-0.1, -0.05) is 30.3 Å². The molecule has 0 atom stereocenters.